The molecule has 0 aromatic heterocycles. The summed E-state index contributed by atoms with van der Waals surface area (Å²) in [5.41, 5.74) is 0.344. The first kappa shape index (κ1) is 15.7. The summed E-state index contributed by atoms with van der Waals surface area (Å²) in [6, 6.07) is 1.38. The lowest BCUT2D eigenvalue weighted by Gasteiger charge is -2.55. The fourth-order valence-corrected chi connectivity index (χ4v) is 4.78. The zero-order valence-corrected chi connectivity index (χ0v) is 13.9. The fourth-order valence-electron chi connectivity index (χ4n) is 3.84. The molecule has 2 aliphatic rings. The highest BCUT2D eigenvalue weighted by atomic mass is 32.2. The van der Waals surface area contributed by atoms with Crippen LogP contribution in [0.3, 0.4) is 0 Å². The highest BCUT2D eigenvalue weighted by Crippen LogP contribution is 2.46. The zero-order valence-electron chi connectivity index (χ0n) is 13.1. The molecule has 0 aliphatic heterocycles. The molecule has 0 aromatic carbocycles. The van der Waals surface area contributed by atoms with Gasteiger partial charge in [0.05, 0.1) is 6.10 Å². The minimum Gasteiger partial charge on any atom is -0.378 e. The minimum absolute atomic E-state index is 0.344. The van der Waals surface area contributed by atoms with E-state index in [1.54, 1.807) is 0 Å². The van der Waals surface area contributed by atoms with E-state index in [4.69, 9.17) is 4.74 Å². The van der Waals surface area contributed by atoms with E-state index in [-0.39, 0.29) is 0 Å². The van der Waals surface area contributed by atoms with Crippen molar-refractivity contribution < 1.29 is 4.74 Å². The van der Waals surface area contributed by atoms with E-state index in [0.717, 1.165) is 17.9 Å². The van der Waals surface area contributed by atoms with Gasteiger partial charge < -0.3 is 10.1 Å². The van der Waals surface area contributed by atoms with Gasteiger partial charge in [-0.25, -0.2) is 0 Å². The van der Waals surface area contributed by atoms with Crippen LogP contribution in [0.4, 0.5) is 0 Å². The van der Waals surface area contributed by atoms with Crippen LogP contribution in [0.15, 0.2) is 0 Å². The quantitative estimate of drug-likeness (QED) is 0.801. The van der Waals surface area contributed by atoms with Gasteiger partial charge in [0, 0.05) is 29.4 Å². The molecule has 19 heavy (non-hydrogen) atoms. The van der Waals surface area contributed by atoms with Crippen molar-refractivity contribution in [2.45, 2.75) is 82.7 Å². The molecule has 0 radical (unpaired) electrons. The van der Waals surface area contributed by atoms with Gasteiger partial charge in [-0.15, -0.1) is 0 Å². The Hall–Kier alpha value is 0.270. The normalized spacial score (nSPS) is 42.9. The van der Waals surface area contributed by atoms with Gasteiger partial charge in [-0.1, -0.05) is 26.7 Å². The SMILES string of the molecule is CCOC1CC(NC2CCCCC2SC)C1(C)CC. The molecule has 0 bridgehead atoms. The van der Waals surface area contributed by atoms with Crippen LogP contribution >= 0.6 is 11.8 Å². The average molecular weight is 285 g/mol. The molecular formula is C16H31NOS. The van der Waals surface area contributed by atoms with Gasteiger partial charge >= 0.3 is 0 Å². The first-order valence-electron chi connectivity index (χ1n) is 8.06. The molecule has 2 fully saturated rings. The van der Waals surface area contributed by atoms with Crippen LogP contribution in [0.5, 0.6) is 0 Å². The highest BCUT2D eigenvalue weighted by molar-refractivity contribution is 7.99. The molecular weight excluding hydrogens is 254 g/mol. The van der Waals surface area contributed by atoms with Crippen molar-refractivity contribution in [2.24, 2.45) is 5.41 Å². The maximum atomic E-state index is 5.91. The second-order valence-electron chi connectivity index (χ2n) is 6.42. The number of thioether (sulfide) groups is 1. The Labute approximate surface area is 123 Å². The largest absolute Gasteiger partial charge is 0.378 e. The third kappa shape index (κ3) is 3.14. The fraction of sp³-hybridized carbons (Fsp3) is 1.00. The van der Waals surface area contributed by atoms with Gasteiger partial charge in [-0.3, -0.25) is 0 Å². The summed E-state index contributed by atoms with van der Waals surface area (Å²) in [4.78, 5) is 0. The lowest BCUT2D eigenvalue weighted by Crippen LogP contribution is -2.65. The third-order valence-electron chi connectivity index (χ3n) is 5.53. The van der Waals surface area contributed by atoms with Crippen LogP contribution in [0, 0.1) is 5.41 Å². The molecule has 2 saturated carbocycles. The van der Waals surface area contributed by atoms with Gasteiger partial charge in [0.2, 0.25) is 0 Å². The van der Waals surface area contributed by atoms with E-state index in [1.807, 2.05) is 0 Å². The summed E-state index contributed by atoms with van der Waals surface area (Å²) in [5.74, 6) is 0. The molecule has 0 saturated heterocycles. The molecule has 5 atom stereocenters. The Morgan fingerprint density at radius 3 is 2.63 bits per heavy atom. The van der Waals surface area contributed by atoms with Crippen molar-refractivity contribution in [3.8, 4) is 0 Å². The molecule has 2 aliphatic carbocycles. The predicted molar refractivity (Wildman–Crippen MR) is 84.9 cm³/mol. The van der Waals surface area contributed by atoms with Gasteiger partial charge in [0.25, 0.3) is 0 Å². The van der Waals surface area contributed by atoms with Crippen molar-refractivity contribution in [1.29, 1.82) is 0 Å². The lowest BCUT2D eigenvalue weighted by atomic mass is 9.61. The first-order valence-corrected chi connectivity index (χ1v) is 9.35. The topological polar surface area (TPSA) is 21.3 Å². The smallest absolute Gasteiger partial charge is 0.0658 e. The second-order valence-corrected chi connectivity index (χ2v) is 7.50. The summed E-state index contributed by atoms with van der Waals surface area (Å²) in [6.07, 6.45) is 10.7. The Balaban J connectivity index is 1.92. The summed E-state index contributed by atoms with van der Waals surface area (Å²) in [5, 5.41) is 4.81. The molecule has 0 aromatic rings. The molecule has 2 nitrogen and oxygen atoms in total. The van der Waals surface area contributed by atoms with E-state index in [9.17, 15) is 0 Å². The lowest BCUT2D eigenvalue weighted by molar-refractivity contribution is -0.128. The molecule has 1 N–H and O–H groups in total. The van der Waals surface area contributed by atoms with Crippen molar-refractivity contribution in [2.75, 3.05) is 12.9 Å². The van der Waals surface area contributed by atoms with E-state index < -0.39 is 0 Å². The molecule has 2 rings (SSSR count). The second kappa shape index (κ2) is 6.82. The number of rotatable bonds is 6. The molecule has 0 heterocycles. The van der Waals surface area contributed by atoms with Crippen molar-refractivity contribution in [3.63, 3.8) is 0 Å². The van der Waals surface area contributed by atoms with Crippen LogP contribution in [0.2, 0.25) is 0 Å². The Morgan fingerprint density at radius 1 is 1.26 bits per heavy atom. The monoisotopic (exact) mass is 285 g/mol. The summed E-state index contributed by atoms with van der Waals surface area (Å²) < 4.78 is 5.91. The molecule has 0 spiro atoms. The standard InChI is InChI=1S/C16H31NOS/c1-5-16(3)14(11-15(16)18-6-2)17-12-9-7-8-10-13(12)19-4/h12-15,17H,5-11H2,1-4H3. The van der Waals surface area contributed by atoms with E-state index in [1.165, 1.54) is 38.5 Å². The van der Waals surface area contributed by atoms with Crippen LogP contribution in [0.25, 0.3) is 0 Å². The van der Waals surface area contributed by atoms with Crippen molar-refractivity contribution in [3.05, 3.63) is 0 Å². The van der Waals surface area contributed by atoms with Gasteiger partial charge in [0.1, 0.15) is 0 Å². The molecule has 112 valence electrons. The Bertz CT molecular complexity index is 286. The van der Waals surface area contributed by atoms with Crippen molar-refractivity contribution >= 4 is 11.8 Å². The summed E-state index contributed by atoms with van der Waals surface area (Å²) >= 11 is 2.06. The first-order chi connectivity index (χ1) is 9.15. The zero-order chi connectivity index (χ0) is 13.9. The number of hydrogen-bond acceptors (Lipinski definition) is 3. The van der Waals surface area contributed by atoms with E-state index in [0.29, 0.717) is 17.6 Å². The Kier molecular flexibility index (Phi) is 5.62. The van der Waals surface area contributed by atoms with Crippen LogP contribution in [-0.4, -0.2) is 36.3 Å². The average Bonchev–Trinajstić information content (AvgIpc) is 2.45. The number of hydrogen-bond donors (Lipinski definition) is 1. The van der Waals surface area contributed by atoms with E-state index in [2.05, 4.69) is 44.1 Å². The predicted octanol–water partition coefficient (Wildman–Crippen LogP) is 3.84. The van der Waals surface area contributed by atoms with Gasteiger partial charge in [-0.2, -0.15) is 11.8 Å². The van der Waals surface area contributed by atoms with E-state index >= 15 is 0 Å². The van der Waals surface area contributed by atoms with Crippen LogP contribution in [-0.2, 0) is 4.74 Å². The minimum atomic E-state index is 0.344. The van der Waals surface area contributed by atoms with Crippen molar-refractivity contribution in [1.82, 2.24) is 5.32 Å². The molecule has 3 heteroatoms. The van der Waals surface area contributed by atoms with Gasteiger partial charge in [0.15, 0.2) is 0 Å². The molecule has 0 amide bonds. The maximum Gasteiger partial charge on any atom is 0.0658 e. The highest BCUT2D eigenvalue weighted by Gasteiger charge is 2.51. The van der Waals surface area contributed by atoms with Crippen LogP contribution in [0.1, 0.15) is 59.3 Å². The maximum absolute atomic E-state index is 5.91. The molecule has 5 unspecified atom stereocenters. The number of nitrogens with one attached hydrogen (secondary N) is 1. The summed E-state index contributed by atoms with van der Waals surface area (Å²) in [7, 11) is 0. The number of ether oxygens (including phenoxy) is 1. The Morgan fingerprint density at radius 2 is 2.00 bits per heavy atom. The summed E-state index contributed by atoms with van der Waals surface area (Å²) in [6.45, 7) is 7.68. The van der Waals surface area contributed by atoms with Gasteiger partial charge in [-0.05, 0) is 38.9 Å². The third-order valence-corrected chi connectivity index (χ3v) is 6.70. The van der Waals surface area contributed by atoms with Crippen LogP contribution < -0.4 is 5.32 Å².